The SMILES string of the molecule is COCC1COc2c(S(=N)(N)=O)cnn21. The van der Waals surface area contributed by atoms with Crippen LogP contribution in [0.4, 0.5) is 0 Å². The molecule has 0 aromatic carbocycles. The summed E-state index contributed by atoms with van der Waals surface area (Å²) in [7, 11) is -1.69. The quantitative estimate of drug-likeness (QED) is 0.749. The van der Waals surface area contributed by atoms with Crippen LogP contribution in [0.5, 0.6) is 5.88 Å². The van der Waals surface area contributed by atoms with E-state index in [1.165, 1.54) is 6.20 Å². The fourth-order valence-corrected chi connectivity index (χ4v) is 2.11. The van der Waals surface area contributed by atoms with Crippen LogP contribution in [0.2, 0.25) is 0 Å². The summed E-state index contributed by atoms with van der Waals surface area (Å²) in [6.45, 7) is 0.859. The van der Waals surface area contributed by atoms with E-state index < -0.39 is 9.92 Å². The third-order valence-electron chi connectivity index (χ3n) is 2.16. The zero-order valence-electron chi connectivity index (χ0n) is 8.17. The second kappa shape index (κ2) is 3.47. The summed E-state index contributed by atoms with van der Waals surface area (Å²) in [5.74, 6) is 0.319. The van der Waals surface area contributed by atoms with Crippen LogP contribution in [0.1, 0.15) is 6.04 Å². The van der Waals surface area contributed by atoms with Gasteiger partial charge in [0.15, 0.2) is 0 Å². The molecule has 2 atom stereocenters. The average molecular weight is 232 g/mol. The van der Waals surface area contributed by atoms with Crippen LogP contribution >= 0.6 is 0 Å². The third kappa shape index (κ3) is 1.71. The normalized spacial score (nSPS) is 23.2. The summed E-state index contributed by atoms with van der Waals surface area (Å²) < 4.78 is 30.5. The van der Waals surface area contributed by atoms with Crippen LogP contribution in [-0.4, -0.2) is 34.3 Å². The minimum atomic E-state index is -3.27. The molecule has 8 heteroatoms. The Labute approximate surface area is 87.3 Å². The fraction of sp³-hybridized carbons (Fsp3) is 0.571. The number of hydrogen-bond acceptors (Lipinski definition) is 5. The van der Waals surface area contributed by atoms with Gasteiger partial charge in [0.1, 0.15) is 27.5 Å². The molecule has 1 aliphatic heterocycles. The Kier molecular flexibility index (Phi) is 2.41. The highest BCUT2D eigenvalue weighted by Gasteiger charge is 2.30. The van der Waals surface area contributed by atoms with Crippen molar-refractivity contribution in [2.45, 2.75) is 10.9 Å². The molecule has 1 aromatic heterocycles. The van der Waals surface area contributed by atoms with Gasteiger partial charge in [-0.1, -0.05) is 0 Å². The van der Waals surface area contributed by atoms with Crippen molar-refractivity contribution in [2.75, 3.05) is 20.3 Å². The summed E-state index contributed by atoms with van der Waals surface area (Å²) in [5, 5.41) is 9.22. The lowest BCUT2D eigenvalue weighted by molar-refractivity contribution is 0.145. The first-order valence-corrected chi connectivity index (χ1v) is 5.92. The lowest BCUT2D eigenvalue weighted by atomic mass is 10.4. The first-order chi connectivity index (χ1) is 7.04. The van der Waals surface area contributed by atoms with Crippen LogP contribution in [-0.2, 0) is 14.7 Å². The maximum atomic E-state index is 11.4. The van der Waals surface area contributed by atoms with Crippen LogP contribution < -0.4 is 9.88 Å². The van der Waals surface area contributed by atoms with Gasteiger partial charge in [0.25, 0.3) is 0 Å². The summed E-state index contributed by atoms with van der Waals surface area (Å²) in [4.78, 5) is 0.140. The van der Waals surface area contributed by atoms with Gasteiger partial charge in [0.05, 0.1) is 12.8 Å². The van der Waals surface area contributed by atoms with E-state index in [1.807, 2.05) is 0 Å². The Hall–Kier alpha value is -1.12. The summed E-state index contributed by atoms with van der Waals surface area (Å²) >= 11 is 0. The molecule has 0 saturated carbocycles. The predicted octanol–water partition coefficient (Wildman–Crippen LogP) is -0.258. The molecule has 84 valence electrons. The van der Waals surface area contributed by atoms with Gasteiger partial charge in [0, 0.05) is 7.11 Å². The van der Waals surface area contributed by atoms with Crippen molar-refractivity contribution in [1.82, 2.24) is 9.78 Å². The van der Waals surface area contributed by atoms with Crippen LogP contribution in [0.15, 0.2) is 11.1 Å². The highest BCUT2D eigenvalue weighted by atomic mass is 32.2. The number of rotatable bonds is 3. The molecular weight excluding hydrogens is 220 g/mol. The molecule has 1 aliphatic rings. The number of nitrogens with zero attached hydrogens (tertiary/aromatic N) is 2. The van der Waals surface area contributed by atoms with E-state index >= 15 is 0 Å². The van der Waals surface area contributed by atoms with E-state index in [9.17, 15) is 4.21 Å². The van der Waals surface area contributed by atoms with Crippen molar-refractivity contribution in [3.05, 3.63) is 6.20 Å². The van der Waals surface area contributed by atoms with Gasteiger partial charge in [0.2, 0.25) is 5.88 Å². The smallest absolute Gasteiger partial charge is 0.231 e. The van der Waals surface area contributed by atoms with Crippen LogP contribution in [0, 0.1) is 4.78 Å². The molecule has 3 N–H and O–H groups in total. The summed E-state index contributed by atoms with van der Waals surface area (Å²) in [5.41, 5.74) is 0. The van der Waals surface area contributed by atoms with Crippen LogP contribution in [0.3, 0.4) is 0 Å². The Bertz CT molecular complexity index is 467. The molecule has 2 unspecified atom stereocenters. The lowest BCUT2D eigenvalue weighted by Gasteiger charge is -2.05. The van der Waals surface area contributed by atoms with E-state index in [2.05, 4.69) is 5.10 Å². The third-order valence-corrected chi connectivity index (χ3v) is 3.10. The van der Waals surface area contributed by atoms with E-state index in [1.54, 1.807) is 11.8 Å². The minimum absolute atomic E-state index is 0.0412. The maximum absolute atomic E-state index is 11.4. The number of hydrogen-bond donors (Lipinski definition) is 2. The Morgan fingerprint density at radius 1 is 1.93 bits per heavy atom. The van der Waals surface area contributed by atoms with E-state index in [0.29, 0.717) is 19.1 Å². The van der Waals surface area contributed by atoms with Gasteiger partial charge in [-0.25, -0.2) is 18.8 Å². The van der Waals surface area contributed by atoms with Gasteiger partial charge >= 0.3 is 0 Å². The van der Waals surface area contributed by atoms with Crippen LogP contribution in [0.25, 0.3) is 0 Å². The van der Waals surface area contributed by atoms with Gasteiger partial charge in [-0.3, -0.25) is 0 Å². The van der Waals surface area contributed by atoms with Gasteiger partial charge < -0.3 is 9.47 Å². The second-order valence-electron chi connectivity index (χ2n) is 3.28. The van der Waals surface area contributed by atoms with Crippen molar-refractivity contribution < 1.29 is 13.7 Å². The molecule has 2 rings (SSSR count). The molecule has 0 radical (unpaired) electrons. The Balaban J connectivity index is 2.39. The van der Waals surface area contributed by atoms with Gasteiger partial charge in [-0.2, -0.15) is 5.10 Å². The largest absolute Gasteiger partial charge is 0.475 e. The lowest BCUT2D eigenvalue weighted by Crippen LogP contribution is -2.14. The van der Waals surface area contributed by atoms with E-state index in [4.69, 9.17) is 19.4 Å². The molecule has 7 nitrogen and oxygen atoms in total. The standard InChI is InChI=1S/C7H12N4O3S/c1-13-3-5-4-14-7-6(15(8,9)12)2-10-11(5)7/h2,5H,3-4H2,1H3,(H3,8,9,12). The second-order valence-corrected chi connectivity index (χ2v) is 4.92. The first kappa shape index (κ1) is 10.4. The number of nitrogens with two attached hydrogens (primary N) is 1. The molecule has 15 heavy (non-hydrogen) atoms. The fourth-order valence-electron chi connectivity index (χ4n) is 1.50. The maximum Gasteiger partial charge on any atom is 0.231 e. The molecule has 0 bridgehead atoms. The van der Waals surface area contributed by atoms with Gasteiger partial charge in [-0.15, -0.1) is 0 Å². The molecule has 0 spiro atoms. The molecular formula is C7H12N4O3S. The zero-order chi connectivity index (χ0) is 11.1. The topological polar surface area (TPSA) is 103 Å². The van der Waals surface area contributed by atoms with Gasteiger partial charge in [-0.05, 0) is 0 Å². The first-order valence-electron chi connectivity index (χ1n) is 4.30. The van der Waals surface area contributed by atoms with E-state index in [0.717, 1.165) is 0 Å². The highest BCUT2D eigenvalue weighted by molar-refractivity contribution is 7.90. The van der Waals surface area contributed by atoms with Crippen molar-refractivity contribution in [3.8, 4) is 5.88 Å². The number of methoxy groups -OCH3 is 1. The van der Waals surface area contributed by atoms with Crippen molar-refractivity contribution in [3.63, 3.8) is 0 Å². The molecule has 1 aromatic rings. The zero-order valence-corrected chi connectivity index (χ0v) is 8.99. The summed E-state index contributed by atoms with van der Waals surface area (Å²) in [6, 6.07) is -0.0412. The van der Waals surface area contributed by atoms with Crippen molar-refractivity contribution >= 4 is 9.92 Å². The number of nitrogens with one attached hydrogen (secondary N) is 1. The number of aromatic nitrogens is 2. The monoisotopic (exact) mass is 232 g/mol. The molecule has 2 heterocycles. The number of fused-ring (bicyclic) bond motifs is 1. The Morgan fingerprint density at radius 2 is 2.67 bits per heavy atom. The predicted molar refractivity (Wildman–Crippen MR) is 52.0 cm³/mol. The van der Waals surface area contributed by atoms with Crippen molar-refractivity contribution in [1.29, 1.82) is 4.78 Å². The molecule has 0 saturated heterocycles. The minimum Gasteiger partial charge on any atom is -0.475 e. The molecule has 0 aliphatic carbocycles. The van der Waals surface area contributed by atoms with E-state index in [-0.39, 0.29) is 10.9 Å². The molecule has 0 fully saturated rings. The Morgan fingerprint density at radius 3 is 3.27 bits per heavy atom. The molecule has 0 amide bonds. The highest BCUT2D eigenvalue weighted by Crippen LogP contribution is 2.31. The van der Waals surface area contributed by atoms with Crippen molar-refractivity contribution in [2.24, 2.45) is 5.14 Å². The average Bonchev–Trinajstić information content (AvgIpc) is 2.66. The summed E-state index contributed by atoms with van der Waals surface area (Å²) in [6.07, 6.45) is 1.31. The number of ether oxygens (including phenoxy) is 2.